The summed E-state index contributed by atoms with van der Waals surface area (Å²) in [6.45, 7) is 2.09. The first-order chi connectivity index (χ1) is 9.25. The van der Waals surface area contributed by atoms with Crippen molar-refractivity contribution < 1.29 is 4.79 Å². The molecule has 96 valence electrons. The van der Waals surface area contributed by atoms with Gasteiger partial charge in [-0.3, -0.25) is 4.79 Å². The molecule has 0 spiro atoms. The van der Waals surface area contributed by atoms with E-state index in [0.29, 0.717) is 12.2 Å². The minimum Gasteiger partial charge on any atom is -0.294 e. The van der Waals surface area contributed by atoms with Gasteiger partial charge in [-0.25, -0.2) is 0 Å². The van der Waals surface area contributed by atoms with Crippen molar-refractivity contribution in [1.29, 1.82) is 0 Å². The normalized spacial score (nSPS) is 16.2. The average Bonchev–Trinajstić information content (AvgIpc) is 2.43. The Morgan fingerprint density at radius 1 is 1.00 bits per heavy atom. The van der Waals surface area contributed by atoms with E-state index in [2.05, 4.69) is 43.3 Å². The van der Waals surface area contributed by atoms with Crippen LogP contribution in [0.15, 0.2) is 57.8 Å². The Balaban J connectivity index is 2.04. The van der Waals surface area contributed by atoms with E-state index in [4.69, 9.17) is 0 Å². The number of carbonyl (C=O) groups is 1. The largest absolute Gasteiger partial charge is 0.294 e. The zero-order chi connectivity index (χ0) is 13.2. The van der Waals surface area contributed by atoms with Crippen molar-refractivity contribution in [2.75, 3.05) is 0 Å². The Hall–Kier alpha value is -1.54. The maximum atomic E-state index is 12.1. The van der Waals surface area contributed by atoms with Crippen LogP contribution in [0, 0.1) is 0 Å². The highest BCUT2D eigenvalue weighted by molar-refractivity contribution is 8.04. The number of allylic oxidation sites excluding steroid dienone is 2. The van der Waals surface area contributed by atoms with E-state index in [0.717, 1.165) is 17.7 Å². The summed E-state index contributed by atoms with van der Waals surface area (Å²) in [6, 6.07) is 14.6. The Morgan fingerprint density at radius 2 is 1.79 bits per heavy atom. The lowest BCUT2D eigenvalue weighted by atomic mass is 10.00. The summed E-state index contributed by atoms with van der Waals surface area (Å²) in [5.74, 6) is 0.307. The average molecular weight is 268 g/mol. The molecule has 0 unspecified atom stereocenters. The summed E-state index contributed by atoms with van der Waals surface area (Å²) >= 11 is 1.64. The third-order valence-electron chi connectivity index (χ3n) is 3.56. The maximum Gasteiger partial charge on any atom is 0.169 e. The van der Waals surface area contributed by atoms with Gasteiger partial charge < -0.3 is 0 Å². The number of fused-ring (bicyclic) bond motifs is 1. The molecule has 0 radical (unpaired) electrons. The molecule has 1 aliphatic carbocycles. The zero-order valence-corrected chi connectivity index (χ0v) is 11.8. The predicted molar refractivity (Wildman–Crippen MR) is 81.4 cm³/mol. The molecule has 0 saturated carbocycles. The smallest absolute Gasteiger partial charge is 0.169 e. The van der Waals surface area contributed by atoms with Crippen molar-refractivity contribution in [3.05, 3.63) is 52.9 Å². The molecule has 1 aliphatic rings. The molecule has 2 aromatic carbocycles. The molecular formula is C17H16OS. The van der Waals surface area contributed by atoms with Gasteiger partial charge in [0.05, 0.1) is 4.91 Å². The maximum absolute atomic E-state index is 12.1. The Morgan fingerprint density at radius 3 is 2.63 bits per heavy atom. The van der Waals surface area contributed by atoms with Gasteiger partial charge in [0, 0.05) is 11.3 Å². The number of hydrogen-bond donors (Lipinski definition) is 0. The lowest BCUT2D eigenvalue weighted by molar-refractivity contribution is -0.115. The van der Waals surface area contributed by atoms with Gasteiger partial charge in [0.25, 0.3) is 0 Å². The first kappa shape index (κ1) is 12.5. The van der Waals surface area contributed by atoms with Crippen LogP contribution in [0.25, 0.3) is 10.8 Å². The first-order valence-corrected chi connectivity index (χ1v) is 7.46. The summed E-state index contributed by atoms with van der Waals surface area (Å²) in [4.78, 5) is 14.2. The quantitative estimate of drug-likeness (QED) is 0.765. The second-order valence-corrected chi connectivity index (χ2v) is 6.02. The van der Waals surface area contributed by atoms with Crippen LogP contribution >= 0.6 is 11.8 Å². The fourth-order valence-electron chi connectivity index (χ4n) is 2.52. The van der Waals surface area contributed by atoms with Crippen molar-refractivity contribution in [1.82, 2.24) is 0 Å². The summed E-state index contributed by atoms with van der Waals surface area (Å²) in [5, 5.41) is 2.46. The lowest BCUT2D eigenvalue weighted by Gasteiger charge is -2.16. The zero-order valence-electron chi connectivity index (χ0n) is 11.0. The molecule has 0 bridgehead atoms. The number of hydrogen-bond acceptors (Lipinski definition) is 2. The van der Waals surface area contributed by atoms with Gasteiger partial charge in [0.15, 0.2) is 5.78 Å². The summed E-state index contributed by atoms with van der Waals surface area (Å²) in [6.07, 6.45) is 2.76. The Bertz CT molecular complexity index is 665. The monoisotopic (exact) mass is 268 g/mol. The summed E-state index contributed by atoms with van der Waals surface area (Å²) < 4.78 is 0. The van der Waals surface area contributed by atoms with E-state index in [-0.39, 0.29) is 0 Å². The van der Waals surface area contributed by atoms with Crippen molar-refractivity contribution in [2.45, 2.75) is 31.1 Å². The van der Waals surface area contributed by atoms with Crippen LogP contribution < -0.4 is 0 Å². The van der Waals surface area contributed by atoms with Crippen molar-refractivity contribution in [3.8, 4) is 0 Å². The molecule has 0 aromatic heterocycles. The molecule has 0 aliphatic heterocycles. The van der Waals surface area contributed by atoms with Crippen molar-refractivity contribution >= 4 is 28.3 Å². The van der Waals surface area contributed by atoms with Crippen LogP contribution in [-0.2, 0) is 4.79 Å². The molecule has 0 N–H and O–H groups in total. The van der Waals surface area contributed by atoms with E-state index in [9.17, 15) is 4.79 Å². The van der Waals surface area contributed by atoms with Gasteiger partial charge in [0.2, 0.25) is 0 Å². The fraction of sp³-hybridized carbons (Fsp3) is 0.235. The van der Waals surface area contributed by atoms with Crippen LogP contribution in [0.1, 0.15) is 26.2 Å². The molecule has 0 fully saturated rings. The van der Waals surface area contributed by atoms with E-state index in [1.807, 2.05) is 6.07 Å². The number of ketones is 1. The second kappa shape index (κ2) is 5.22. The van der Waals surface area contributed by atoms with E-state index in [1.165, 1.54) is 21.2 Å². The second-order valence-electron chi connectivity index (χ2n) is 4.97. The third-order valence-corrected chi connectivity index (χ3v) is 4.91. The SMILES string of the molecule is CC1=C(Sc2cccc3ccccc23)C(=O)CCC1. The molecule has 1 nitrogen and oxygen atoms in total. The molecule has 0 amide bonds. The number of carbonyl (C=O) groups excluding carboxylic acids is 1. The van der Waals surface area contributed by atoms with E-state index >= 15 is 0 Å². The molecular weight excluding hydrogens is 252 g/mol. The van der Waals surface area contributed by atoms with Gasteiger partial charge >= 0.3 is 0 Å². The Labute approximate surface area is 117 Å². The molecule has 0 saturated heterocycles. The van der Waals surface area contributed by atoms with Crippen LogP contribution in [-0.4, -0.2) is 5.78 Å². The molecule has 3 rings (SSSR count). The summed E-state index contributed by atoms with van der Waals surface area (Å²) in [7, 11) is 0. The van der Waals surface area contributed by atoms with Gasteiger partial charge in [-0.1, -0.05) is 53.7 Å². The van der Waals surface area contributed by atoms with Gasteiger partial charge in [-0.2, -0.15) is 0 Å². The highest BCUT2D eigenvalue weighted by Gasteiger charge is 2.19. The number of thioether (sulfide) groups is 1. The number of benzene rings is 2. The topological polar surface area (TPSA) is 17.1 Å². The van der Waals surface area contributed by atoms with E-state index in [1.54, 1.807) is 11.8 Å². The highest BCUT2D eigenvalue weighted by Crippen LogP contribution is 2.38. The van der Waals surface area contributed by atoms with E-state index < -0.39 is 0 Å². The van der Waals surface area contributed by atoms with Crippen LogP contribution in [0.5, 0.6) is 0 Å². The highest BCUT2D eigenvalue weighted by atomic mass is 32.2. The van der Waals surface area contributed by atoms with Gasteiger partial charge in [0.1, 0.15) is 0 Å². The fourth-order valence-corrected chi connectivity index (χ4v) is 3.67. The van der Waals surface area contributed by atoms with Crippen molar-refractivity contribution in [3.63, 3.8) is 0 Å². The molecule has 2 aromatic rings. The minimum atomic E-state index is 0.307. The molecule has 19 heavy (non-hydrogen) atoms. The number of rotatable bonds is 2. The minimum absolute atomic E-state index is 0.307. The molecule has 0 atom stereocenters. The van der Waals surface area contributed by atoms with Crippen LogP contribution in [0.3, 0.4) is 0 Å². The first-order valence-electron chi connectivity index (χ1n) is 6.64. The van der Waals surface area contributed by atoms with Crippen LogP contribution in [0.2, 0.25) is 0 Å². The van der Waals surface area contributed by atoms with Gasteiger partial charge in [-0.05, 0) is 36.6 Å². The molecule has 2 heteroatoms. The van der Waals surface area contributed by atoms with Crippen molar-refractivity contribution in [2.24, 2.45) is 0 Å². The molecule has 0 heterocycles. The predicted octanol–water partition coefficient (Wildman–Crippen LogP) is 4.96. The van der Waals surface area contributed by atoms with Crippen LogP contribution in [0.4, 0.5) is 0 Å². The van der Waals surface area contributed by atoms with Gasteiger partial charge in [-0.15, -0.1) is 0 Å². The lowest BCUT2D eigenvalue weighted by Crippen LogP contribution is -2.07. The number of Topliss-reactive ketones (excluding diaryl/α,β-unsaturated/α-hetero) is 1. The summed E-state index contributed by atoms with van der Waals surface area (Å²) in [5.41, 5.74) is 1.24. The standard InChI is InChI=1S/C17H16OS/c1-12-6-4-10-15(18)17(12)19-16-11-5-8-13-7-2-3-9-14(13)16/h2-3,5,7-9,11H,4,6,10H2,1H3. The third kappa shape index (κ3) is 2.45. The Kier molecular flexibility index (Phi) is 3.43.